The summed E-state index contributed by atoms with van der Waals surface area (Å²) in [6.45, 7) is 2.20. The third kappa shape index (κ3) is 3.41. The number of nitrogens with one attached hydrogen (secondary N) is 2. The second-order valence-corrected chi connectivity index (χ2v) is 6.68. The Balaban J connectivity index is 1.70. The standard InChI is InChI=1S/C15H17N3O3S/c1-8-2-3-9(13(19)17-10-4-5-10)6-11(8)18-15-16-7-12(22-15)14(20)21/h2-3,6,10,12H,4-5,7H2,1H3,(H,16,18)(H,17,19)(H,20,21). The van der Waals surface area contributed by atoms with Gasteiger partial charge < -0.3 is 15.7 Å². The van der Waals surface area contributed by atoms with Crippen LogP contribution in [0.2, 0.25) is 0 Å². The van der Waals surface area contributed by atoms with E-state index in [1.165, 1.54) is 11.8 Å². The van der Waals surface area contributed by atoms with Crippen LogP contribution in [0.15, 0.2) is 23.2 Å². The van der Waals surface area contributed by atoms with Crippen molar-refractivity contribution in [2.75, 3.05) is 11.9 Å². The highest BCUT2D eigenvalue weighted by molar-refractivity contribution is 8.15. The Hall–Kier alpha value is -2.02. The van der Waals surface area contributed by atoms with E-state index < -0.39 is 11.2 Å². The molecule has 1 amide bonds. The van der Waals surface area contributed by atoms with Gasteiger partial charge in [0, 0.05) is 17.3 Å². The summed E-state index contributed by atoms with van der Waals surface area (Å²) in [5, 5.41) is 15.1. The number of amidine groups is 1. The zero-order chi connectivity index (χ0) is 15.7. The number of rotatable bonds is 4. The van der Waals surface area contributed by atoms with E-state index in [1.807, 2.05) is 13.0 Å². The van der Waals surface area contributed by atoms with Crippen LogP contribution in [-0.2, 0) is 4.79 Å². The van der Waals surface area contributed by atoms with Gasteiger partial charge in [0.25, 0.3) is 5.91 Å². The zero-order valence-corrected chi connectivity index (χ0v) is 12.9. The average molecular weight is 319 g/mol. The number of hydrogen-bond acceptors (Lipinski definition) is 5. The number of aliphatic carboxylic acids is 1. The van der Waals surface area contributed by atoms with Crippen LogP contribution in [0.25, 0.3) is 0 Å². The normalized spacial score (nSPS) is 20.4. The first kappa shape index (κ1) is 14.9. The smallest absolute Gasteiger partial charge is 0.319 e. The van der Waals surface area contributed by atoms with Crippen LogP contribution in [0.3, 0.4) is 0 Å². The van der Waals surface area contributed by atoms with Gasteiger partial charge in [-0.1, -0.05) is 17.8 Å². The van der Waals surface area contributed by atoms with Gasteiger partial charge in [-0.3, -0.25) is 14.6 Å². The number of benzene rings is 1. The van der Waals surface area contributed by atoms with E-state index in [0.717, 1.165) is 24.1 Å². The van der Waals surface area contributed by atoms with Crippen molar-refractivity contribution in [3.8, 4) is 0 Å². The Kier molecular flexibility index (Phi) is 4.06. The molecule has 0 radical (unpaired) electrons. The lowest BCUT2D eigenvalue weighted by molar-refractivity contribution is -0.136. The summed E-state index contributed by atoms with van der Waals surface area (Å²) in [4.78, 5) is 27.2. The summed E-state index contributed by atoms with van der Waals surface area (Å²) in [5.41, 5.74) is 2.35. The van der Waals surface area contributed by atoms with Gasteiger partial charge in [-0.25, -0.2) is 0 Å². The zero-order valence-electron chi connectivity index (χ0n) is 12.1. The number of amides is 1. The fraction of sp³-hybridized carbons (Fsp3) is 0.400. The molecule has 6 nitrogen and oxygen atoms in total. The Morgan fingerprint density at radius 3 is 2.77 bits per heavy atom. The number of aliphatic imine (C=N–C) groups is 1. The maximum atomic E-state index is 12.1. The predicted octanol–water partition coefficient (Wildman–Crippen LogP) is 1.86. The van der Waals surface area contributed by atoms with E-state index in [0.29, 0.717) is 16.8 Å². The molecule has 1 saturated carbocycles. The molecule has 0 spiro atoms. The number of hydrogen-bond donors (Lipinski definition) is 3. The third-order valence-corrected chi connectivity index (χ3v) is 4.67. The molecule has 1 aliphatic carbocycles. The van der Waals surface area contributed by atoms with E-state index in [2.05, 4.69) is 15.6 Å². The molecule has 3 rings (SSSR count). The molecular formula is C15H17N3O3S. The van der Waals surface area contributed by atoms with Gasteiger partial charge in [-0.2, -0.15) is 0 Å². The number of anilines is 1. The van der Waals surface area contributed by atoms with Gasteiger partial charge >= 0.3 is 5.97 Å². The molecular weight excluding hydrogens is 302 g/mol. The lowest BCUT2D eigenvalue weighted by atomic mass is 10.1. The van der Waals surface area contributed by atoms with Crippen molar-refractivity contribution in [3.05, 3.63) is 29.3 Å². The van der Waals surface area contributed by atoms with E-state index >= 15 is 0 Å². The van der Waals surface area contributed by atoms with Crippen LogP contribution in [-0.4, -0.2) is 40.0 Å². The van der Waals surface area contributed by atoms with Crippen molar-refractivity contribution in [1.29, 1.82) is 0 Å². The summed E-state index contributed by atoms with van der Waals surface area (Å²) in [6, 6.07) is 5.77. The maximum absolute atomic E-state index is 12.1. The highest BCUT2D eigenvalue weighted by atomic mass is 32.2. The molecule has 1 heterocycles. The van der Waals surface area contributed by atoms with Crippen molar-refractivity contribution >= 4 is 34.5 Å². The number of carboxylic acids is 1. The molecule has 7 heteroatoms. The molecule has 1 fully saturated rings. The van der Waals surface area contributed by atoms with Crippen LogP contribution in [0, 0.1) is 6.92 Å². The van der Waals surface area contributed by atoms with E-state index in [1.54, 1.807) is 12.1 Å². The number of nitrogens with zero attached hydrogens (tertiary/aromatic N) is 1. The number of aryl methyl sites for hydroxylation is 1. The van der Waals surface area contributed by atoms with Crippen LogP contribution in [0.5, 0.6) is 0 Å². The fourth-order valence-electron chi connectivity index (χ4n) is 2.08. The summed E-state index contributed by atoms with van der Waals surface area (Å²) >= 11 is 1.20. The molecule has 1 aliphatic heterocycles. The highest BCUT2D eigenvalue weighted by Crippen LogP contribution is 2.25. The van der Waals surface area contributed by atoms with E-state index in [4.69, 9.17) is 5.11 Å². The highest BCUT2D eigenvalue weighted by Gasteiger charge is 2.27. The molecule has 1 aromatic rings. The Bertz CT molecular complexity index is 655. The van der Waals surface area contributed by atoms with Crippen molar-refractivity contribution in [3.63, 3.8) is 0 Å². The number of carbonyl (C=O) groups is 2. The minimum Gasteiger partial charge on any atom is -0.480 e. The molecule has 0 saturated heterocycles. The van der Waals surface area contributed by atoms with Crippen molar-refractivity contribution in [2.24, 2.45) is 4.99 Å². The lowest BCUT2D eigenvalue weighted by Crippen LogP contribution is -2.25. The van der Waals surface area contributed by atoms with E-state index in [9.17, 15) is 9.59 Å². The minimum absolute atomic E-state index is 0.0741. The van der Waals surface area contributed by atoms with Gasteiger partial charge in [-0.05, 0) is 37.5 Å². The third-order valence-electron chi connectivity index (χ3n) is 3.58. The molecule has 1 atom stereocenters. The molecule has 0 aromatic heterocycles. The van der Waals surface area contributed by atoms with Crippen molar-refractivity contribution in [2.45, 2.75) is 31.1 Å². The molecule has 1 aromatic carbocycles. The fourth-order valence-corrected chi connectivity index (χ4v) is 2.92. The SMILES string of the molecule is Cc1ccc(C(=O)NC2CC2)cc1NC1=NCC(C(=O)O)S1. The summed E-state index contributed by atoms with van der Waals surface area (Å²) < 4.78 is 0. The van der Waals surface area contributed by atoms with Gasteiger partial charge in [0.1, 0.15) is 5.25 Å². The average Bonchev–Trinajstić information content (AvgIpc) is 3.16. The van der Waals surface area contributed by atoms with Crippen molar-refractivity contribution < 1.29 is 14.7 Å². The predicted molar refractivity (Wildman–Crippen MR) is 86.6 cm³/mol. The molecule has 1 unspecified atom stereocenters. The molecule has 3 N–H and O–H groups in total. The van der Waals surface area contributed by atoms with Crippen LogP contribution in [0.4, 0.5) is 5.69 Å². The van der Waals surface area contributed by atoms with Crippen LogP contribution < -0.4 is 10.6 Å². The first-order valence-corrected chi connectivity index (χ1v) is 8.03. The molecule has 2 aliphatic rings. The lowest BCUT2D eigenvalue weighted by Gasteiger charge is -2.11. The second-order valence-electron chi connectivity index (χ2n) is 5.49. The van der Waals surface area contributed by atoms with Gasteiger partial charge in [0.2, 0.25) is 0 Å². The maximum Gasteiger partial charge on any atom is 0.319 e. The Labute approximate surface area is 132 Å². The largest absolute Gasteiger partial charge is 0.480 e. The topological polar surface area (TPSA) is 90.8 Å². The second kappa shape index (κ2) is 6.00. The number of carboxylic acid groups (broad SMARTS) is 1. The van der Waals surface area contributed by atoms with Crippen LogP contribution in [0.1, 0.15) is 28.8 Å². The van der Waals surface area contributed by atoms with Crippen LogP contribution >= 0.6 is 11.8 Å². The van der Waals surface area contributed by atoms with E-state index in [-0.39, 0.29) is 12.5 Å². The Morgan fingerprint density at radius 2 is 2.14 bits per heavy atom. The molecule has 116 valence electrons. The summed E-state index contributed by atoms with van der Waals surface area (Å²) in [5.74, 6) is -0.935. The van der Waals surface area contributed by atoms with Gasteiger partial charge in [-0.15, -0.1) is 0 Å². The molecule has 22 heavy (non-hydrogen) atoms. The number of carbonyl (C=O) groups excluding carboxylic acids is 1. The summed E-state index contributed by atoms with van der Waals surface area (Å²) in [7, 11) is 0. The number of thioether (sulfide) groups is 1. The Morgan fingerprint density at radius 1 is 1.36 bits per heavy atom. The first-order valence-electron chi connectivity index (χ1n) is 7.15. The minimum atomic E-state index is -0.861. The first-order chi connectivity index (χ1) is 10.5. The summed E-state index contributed by atoms with van der Waals surface area (Å²) in [6.07, 6.45) is 2.10. The van der Waals surface area contributed by atoms with Gasteiger partial charge in [0.05, 0.1) is 6.54 Å². The molecule has 0 bridgehead atoms. The van der Waals surface area contributed by atoms with Gasteiger partial charge in [0.15, 0.2) is 5.17 Å². The van der Waals surface area contributed by atoms with Crippen molar-refractivity contribution in [1.82, 2.24) is 5.32 Å². The quantitative estimate of drug-likeness (QED) is 0.788. The monoisotopic (exact) mass is 319 g/mol.